The largest absolute Gasteiger partial charge is 0.496 e. The summed E-state index contributed by atoms with van der Waals surface area (Å²) >= 11 is 0. The lowest BCUT2D eigenvalue weighted by molar-refractivity contribution is 0.410. The summed E-state index contributed by atoms with van der Waals surface area (Å²) in [5, 5.41) is 7.12. The normalized spacial score (nSPS) is 20.3. The van der Waals surface area contributed by atoms with Gasteiger partial charge in [-0.15, -0.1) is 0 Å². The summed E-state index contributed by atoms with van der Waals surface area (Å²) in [6.45, 7) is 0. The summed E-state index contributed by atoms with van der Waals surface area (Å²) in [4.78, 5) is 14.6. The fourth-order valence-corrected chi connectivity index (χ4v) is 5.72. The third kappa shape index (κ3) is 4.98. The molecule has 0 aliphatic heterocycles. The van der Waals surface area contributed by atoms with Crippen molar-refractivity contribution in [3.05, 3.63) is 54.9 Å². The van der Waals surface area contributed by atoms with Crippen LogP contribution in [0.4, 0.5) is 17.5 Å². The number of rotatable bonds is 7. The van der Waals surface area contributed by atoms with Gasteiger partial charge in [-0.3, -0.25) is 0 Å². The van der Waals surface area contributed by atoms with Crippen molar-refractivity contribution in [1.82, 2.24) is 19.5 Å². The van der Waals surface area contributed by atoms with Gasteiger partial charge < -0.3 is 25.7 Å². The highest BCUT2D eigenvalue weighted by Crippen LogP contribution is 2.35. The van der Waals surface area contributed by atoms with Crippen LogP contribution in [0.15, 0.2) is 54.9 Å². The minimum Gasteiger partial charge on any atom is -0.496 e. The molecule has 2 aromatic carbocycles. The lowest BCUT2D eigenvalue weighted by Gasteiger charge is -2.27. The van der Waals surface area contributed by atoms with Crippen LogP contribution in [-0.2, 0) is 0 Å². The number of anilines is 3. The molecule has 0 amide bonds. The van der Waals surface area contributed by atoms with Gasteiger partial charge in [-0.25, -0.2) is 4.98 Å². The first-order valence-electron chi connectivity index (χ1n) is 13.4. The predicted octanol–water partition coefficient (Wildman–Crippen LogP) is 6.04. The number of aromatic nitrogens is 4. The molecule has 0 atom stereocenters. The molecule has 2 aliphatic rings. The van der Waals surface area contributed by atoms with Crippen LogP contribution in [0, 0.1) is 0 Å². The van der Waals surface area contributed by atoms with E-state index in [0.717, 1.165) is 65.2 Å². The monoisotopic (exact) mass is 497 g/mol. The molecular formula is C29H35N7O. The number of nitrogens with two attached hydrogens (primary N) is 1. The average molecular weight is 498 g/mol. The van der Waals surface area contributed by atoms with Gasteiger partial charge in [0.2, 0.25) is 5.95 Å². The number of imidazole rings is 1. The van der Waals surface area contributed by atoms with Crippen molar-refractivity contribution in [1.29, 1.82) is 0 Å². The summed E-state index contributed by atoms with van der Waals surface area (Å²) in [6, 6.07) is 17.5. The maximum Gasteiger partial charge on any atom is 0.227 e. The molecule has 0 bridgehead atoms. The third-order valence-corrected chi connectivity index (χ3v) is 7.81. The van der Waals surface area contributed by atoms with E-state index in [0.29, 0.717) is 24.1 Å². The van der Waals surface area contributed by atoms with E-state index in [4.69, 9.17) is 25.4 Å². The summed E-state index contributed by atoms with van der Waals surface area (Å²) in [6.07, 6.45) is 10.9. The van der Waals surface area contributed by atoms with Crippen LogP contribution in [-0.4, -0.2) is 38.7 Å². The van der Waals surface area contributed by atoms with E-state index in [9.17, 15) is 0 Å². The third-order valence-electron chi connectivity index (χ3n) is 7.81. The van der Waals surface area contributed by atoms with Crippen LogP contribution in [0.5, 0.6) is 5.75 Å². The molecule has 4 aromatic rings. The molecule has 2 heterocycles. The van der Waals surface area contributed by atoms with Crippen molar-refractivity contribution in [2.45, 2.75) is 69.5 Å². The second-order valence-corrected chi connectivity index (χ2v) is 10.3. The molecule has 2 fully saturated rings. The van der Waals surface area contributed by atoms with E-state index < -0.39 is 0 Å². The summed E-state index contributed by atoms with van der Waals surface area (Å²) in [5.41, 5.74) is 10.9. The van der Waals surface area contributed by atoms with Crippen molar-refractivity contribution in [2.75, 3.05) is 17.7 Å². The quantitative estimate of drug-likeness (QED) is 0.286. The zero-order valence-corrected chi connectivity index (χ0v) is 21.4. The lowest BCUT2D eigenvalue weighted by Crippen LogP contribution is -2.33. The zero-order chi connectivity index (χ0) is 25.2. The SMILES string of the molecule is COc1ccccc1-c1ccc(Nc2nc(NC3CCC(N)CC3)nc3c2ncn3C2CCCC2)cc1. The molecule has 6 rings (SSSR count). The van der Waals surface area contributed by atoms with Crippen LogP contribution >= 0.6 is 0 Å². The molecule has 2 saturated carbocycles. The summed E-state index contributed by atoms with van der Waals surface area (Å²) in [5.74, 6) is 2.24. The van der Waals surface area contributed by atoms with E-state index in [1.807, 2.05) is 24.5 Å². The van der Waals surface area contributed by atoms with E-state index in [2.05, 4.69) is 45.5 Å². The van der Waals surface area contributed by atoms with Gasteiger partial charge in [-0.1, -0.05) is 43.2 Å². The minimum atomic E-state index is 0.307. The Morgan fingerprint density at radius 2 is 1.68 bits per heavy atom. The van der Waals surface area contributed by atoms with Crippen molar-refractivity contribution >= 4 is 28.6 Å². The Hall–Kier alpha value is -3.65. The molecule has 192 valence electrons. The average Bonchev–Trinajstić information content (AvgIpc) is 3.61. The second-order valence-electron chi connectivity index (χ2n) is 10.3. The molecule has 37 heavy (non-hydrogen) atoms. The van der Waals surface area contributed by atoms with Crippen molar-refractivity contribution in [3.63, 3.8) is 0 Å². The Balaban J connectivity index is 1.31. The number of para-hydroxylation sites is 1. The number of fused-ring (bicyclic) bond motifs is 1. The number of methoxy groups -OCH3 is 1. The van der Waals surface area contributed by atoms with Crippen LogP contribution in [0.1, 0.15) is 57.4 Å². The summed E-state index contributed by atoms with van der Waals surface area (Å²) in [7, 11) is 1.70. The standard InChI is InChI=1S/C29H35N7O/c1-37-25-9-5-4-8-24(25)19-10-14-21(15-11-19)32-27-26-28(36(18-31-26)23-6-2-3-7-23)35-29(34-27)33-22-16-12-20(30)13-17-22/h4-5,8-11,14-15,18,20,22-23H,2-3,6-7,12-13,16-17,30H2,1H3,(H2,32,33,34,35). The van der Waals surface area contributed by atoms with E-state index in [1.54, 1.807) is 7.11 Å². The molecular weight excluding hydrogens is 462 g/mol. The molecule has 0 saturated heterocycles. The molecule has 0 radical (unpaired) electrons. The first kappa shape index (κ1) is 23.7. The zero-order valence-electron chi connectivity index (χ0n) is 21.4. The number of hydrogen-bond acceptors (Lipinski definition) is 7. The van der Waals surface area contributed by atoms with Gasteiger partial charge in [0.25, 0.3) is 0 Å². The highest BCUT2D eigenvalue weighted by Gasteiger charge is 2.24. The highest BCUT2D eigenvalue weighted by molar-refractivity contribution is 5.87. The van der Waals surface area contributed by atoms with Gasteiger partial charge in [0.05, 0.1) is 13.4 Å². The molecule has 2 aliphatic carbocycles. The van der Waals surface area contributed by atoms with Gasteiger partial charge in [0, 0.05) is 29.4 Å². The number of hydrogen-bond donors (Lipinski definition) is 3. The molecule has 8 nitrogen and oxygen atoms in total. The molecule has 0 unspecified atom stereocenters. The minimum absolute atomic E-state index is 0.307. The Labute approximate surface area is 217 Å². The molecule has 8 heteroatoms. The highest BCUT2D eigenvalue weighted by atomic mass is 16.5. The topological polar surface area (TPSA) is 103 Å². The van der Waals surface area contributed by atoms with Crippen molar-refractivity contribution in [3.8, 4) is 16.9 Å². The summed E-state index contributed by atoms with van der Waals surface area (Å²) < 4.78 is 7.79. The van der Waals surface area contributed by atoms with Crippen LogP contribution in [0.25, 0.3) is 22.3 Å². The Kier molecular flexibility index (Phi) is 6.66. The first-order chi connectivity index (χ1) is 18.2. The molecule has 0 spiro atoms. The van der Waals surface area contributed by atoms with Crippen LogP contribution < -0.4 is 21.1 Å². The van der Waals surface area contributed by atoms with E-state index in [1.165, 1.54) is 25.7 Å². The van der Waals surface area contributed by atoms with E-state index in [-0.39, 0.29) is 0 Å². The van der Waals surface area contributed by atoms with Crippen LogP contribution in [0.3, 0.4) is 0 Å². The van der Waals surface area contributed by atoms with Gasteiger partial charge >= 0.3 is 0 Å². The number of ether oxygens (including phenoxy) is 1. The lowest BCUT2D eigenvalue weighted by atomic mass is 9.92. The maximum atomic E-state index is 6.13. The smallest absolute Gasteiger partial charge is 0.227 e. The molecule has 2 aromatic heterocycles. The van der Waals surface area contributed by atoms with Crippen LogP contribution in [0.2, 0.25) is 0 Å². The number of benzene rings is 2. The Morgan fingerprint density at radius 3 is 2.43 bits per heavy atom. The fraction of sp³-hybridized carbons (Fsp3) is 0.414. The molecule has 4 N–H and O–H groups in total. The van der Waals surface area contributed by atoms with Crippen molar-refractivity contribution < 1.29 is 4.74 Å². The van der Waals surface area contributed by atoms with Gasteiger partial charge in [-0.05, 0) is 62.3 Å². The number of nitrogens with one attached hydrogen (secondary N) is 2. The fourth-order valence-electron chi connectivity index (χ4n) is 5.72. The first-order valence-corrected chi connectivity index (χ1v) is 13.4. The van der Waals surface area contributed by atoms with Gasteiger partial charge in [0.15, 0.2) is 17.0 Å². The second kappa shape index (κ2) is 10.4. The Morgan fingerprint density at radius 1 is 0.919 bits per heavy atom. The Bertz CT molecular complexity index is 1350. The number of nitrogens with zero attached hydrogens (tertiary/aromatic N) is 4. The van der Waals surface area contributed by atoms with E-state index >= 15 is 0 Å². The maximum absolute atomic E-state index is 6.13. The van der Waals surface area contributed by atoms with Gasteiger partial charge in [-0.2, -0.15) is 9.97 Å². The van der Waals surface area contributed by atoms with Gasteiger partial charge in [0.1, 0.15) is 5.75 Å². The predicted molar refractivity (Wildman–Crippen MR) is 148 cm³/mol. The van der Waals surface area contributed by atoms with Crippen molar-refractivity contribution in [2.24, 2.45) is 5.73 Å².